The number of rotatable bonds is 7. The van der Waals surface area contributed by atoms with Gasteiger partial charge >= 0.3 is 0 Å². The first-order valence-electron chi connectivity index (χ1n) is 7.51. The molecule has 0 saturated carbocycles. The Morgan fingerprint density at radius 1 is 1.38 bits per heavy atom. The fourth-order valence-electron chi connectivity index (χ4n) is 2.81. The normalized spacial score (nSPS) is 16.1. The smallest absolute Gasteiger partial charge is 0.231 e. The van der Waals surface area contributed by atoms with E-state index in [0.29, 0.717) is 24.1 Å². The van der Waals surface area contributed by atoms with E-state index < -0.39 is 0 Å². The standard InChI is InChI=1S/C16H26N2O3/c1-5-6-11(2)18(3)13(9-17)12-7-14(19-4)16-15(8-12)20-10-21-16/h7-8,11,13H,5-6,9-10,17H2,1-4H3. The van der Waals surface area contributed by atoms with Gasteiger partial charge in [0.2, 0.25) is 12.5 Å². The molecule has 0 amide bonds. The van der Waals surface area contributed by atoms with Gasteiger partial charge in [0, 0.05) is 18.6 Å². The zero-order valence-corrected chi connectivity index (χ0v) is 13.4. The van der Waals surface area contributed by atoms with Crippen molar-refractivity contribution < 1.29 is 14.2 Å². The van der Waals surface area contributed by atoms with Crippen molar-refractivity contribution in [2.24, 2.45) is 5.73 Å². The van der Waals surface area contributed by atoms with Gasteiger partial charge in [0.25, 0.3) is 0 Å². The van der Waals surface area contributed by atoms with Crippen LogP contribution in [0.4, 0.5) is 0 Å². The van der Waals surface area contributed by atoms with E-state index in [1.165, 1.54) is 0 Å². The van der Waals surface area contributed by atoms with Crippen LogP contribution in [-0.4, -0.2) is 38.4 Å². The lowest BCUT2D eigenvalue weighted by molar-refractivity contribution is 0.170. The third-order valence-electron chi connectivity index (χ3n) is 4.18. The van der Waals surface area contributed by atoms with Gasteiger partial charge in [-0.05, 0) is 38.1 Å². The van der Waals surface area contributed by atoms with Crippen molar-refractivity contribution in [1.82, 2.24) is 4.90 Å². The Morgan fingerprint density at radius 2 is 2.14 bits per heavy atom. The first-order valence-corrected chi connectivity index (χ1v) is 7.51. The lowest BCUT2D eigenvalue weighted by Crippen LogP contribution is -2.37. The molecule has 1 aliphatic rings. The van der Waals surface area contributed by atoms with Gasteiger partial charge in [0.1, 0.15) is 0 Å². The minimum absolute atomic E-state index is 0.134. The summed E-state index contributed by atoms with van der Waals surface area (Å²) in [5.41, 5.74) is 7.12. The number of hydrogen-bond acceptors (Lipinski definition) is 5. The highest BCUT2D eigenvalue weighted by molar-refractivity contribution is 5.55. The summed E-state index contributed by atoms with van der Waals surface area (Å²) in [6, 6.07) is 4.62. The van der Waals surface area contributed by atoms with E-state index in [1.807, 2.05) is 12.1 Å². The molecule has 118 valence electrons. The van der Waals surface area contributed by atoms with E-state index in [0.717, 1.165) is 24.2 Å². The van der Waals surface area contributed by atoms with Crippen molar-refractivity contribution in [2.75, 3.05) is 27.5 Å². The molecule has 1 aliphatic heterocycles. The summed E-state index contributed by atoms with van der Waals surface area (Å²) < 4.78 is 16.4. The molecule has 0 aliphatic carbocycles. The van der Waals surface area contributed by atoms with Gasteiger partial charge < -0.3 is 19.9 Å². The molecule has 1 aromatic rings. The van der Waals surface area contributed by atoms with Crippen molar-refractivity contribution in [3.05, 3.63) is 17.7 Å². The molecule has 2 atom stereocenters. The van der Waals surface area contributed by atoms with E-state index in [1.54, 1.807) is 7.11 Å². The topological polar surface area (TPSA) is 57.0 Å². The Balaban J connectivity index is 2.30. The second kappa shape index (κ2) is 7.00. The van der Waals surface area contributed by atoms with E-state index in [2.05, 4.69) is 25.8 Å². The van der Waals surface area contributed by atoms with Gasteiger partial charge in [0.15, 0.2) is 11.5 Å². The summed E-state index contributed by atoms with van der Waals surface area (Å²) in [6.45, 7) is 5.22. The second-order valence-electron chi connectivity index (χ2n) is 5.51. The van der Waals surface area contributed by atoms with E-state index in [4.69, 9.17) is 19.9 Å². The lowest BCUT2D eigenvalue weighted by atomic mass is 10.0. The molecule has 0 fully saturated rings. The largest absolute Gasteiger partial charge is 0.493 e. The zero-order chi connectivity index (χ0) is 15.4. The van der Waals surface area contributed by atoms with Crippen molar-refractivity contribution in [3.8, 4) is 17.2 Å². The molecule has 0 radical (unpaired) electrons. The van der Waals surface area contributed by atoms with Crippen LogP contribution in [0.2, 0.25) is 0 Å². The van der Waals surface area contributed by atoms with Crippen LogP contribution >= 0.6 is 0 Å². The van der Waals surface area contributed by atoms with E-state index in [-0.39, 0.29) is 12.8 Å². The molecule has 2 N–H and O–H groups in total. The molecule has 5 heteroatoms. The first kappa shape index (κ1) is 15.9. The Kier molecular flexibility index (Phi) is 5.31. The van der Waals surface area contributed by atoms with Crippen LogP contribution in [0, 0.1) is 0 Å². The molecular weight excluding hydrogens is 268 g/mol. The van der Waals surface area contributed by atoms with Crippen LogP contribution in [0.1, 0.15) is 38.3 Å². The summed E-state index contributed by atoms with van der Waals surface area (Å²) >= 11 is 0. The first-order chi connectivity index (χ1) is 10.1. The lowest BCUT2D eigenvalue weighted by Gasteiger charge is -2.33. The van der Waals surface area contributed by atoms with E-state index in [9.17, 15) is 0 Å². The van der Waals surface area contributed by atoms with E-state index >= 15 is 0 Å². The number of likely N-dealkylation sites (N-methyl/N-ethyl adjacent to an activating group) is 1. The molecule has 0 bridgehead atoms. The van der Waals surface area contributed by atoms with Crippen LogP contribution in [0.5, 0.6) is 17.2 Å². The maximum atomic E-state index is 6.02. The SMILES string of the molecule is CCCC(C)N(C)C(CN)c1cc(OC)c2c(c1)OCO2. The molecule has 5 nitrogen and oxygen atoms in total. The maximum absolute atomic E-state index is 6.02. The zero-order valence-electron chi connectivity index (χ0n) is 13.4. The molecule has 1 aromatic carbocycles. The van der Waals surface area contributed by atoms with Gasteiger partial charge in [-0.2, -0.15) is 0 Å². The van der Waals surface area contributed by atoms with Crippen molar-refractivity contribution in [3.63, 3.8) is 0 Å². The van der Waals surface area contributed by atoms with Gasteiger partial charge in [-0.1, -0.05) is 13.3 Å². The number of benzene rings is 1. The highest BCUT2D eigenvalue weighted by Crippen LogP contribution is 2.43. The molecule has 21 heavy (non-hydrogen) atoms. The Bertz CT molecular complexity index is 479. The molecule has 1 heterocycles. The molecule has 2 rings (SSSR count). The Morgan fingerprint density at radius 3 is 2.76 bits per heavy atom. The summed E-state index contributed by atoms with van der Waals surface area (Å²) in [7, 11) is 3.76. The number of hydrogen-bond donors (Lipinski definition) is 1. The van der Waals surface area contributed by atoms with Crippen molar-refractivity contribution in [2.45, 2.75) is 38.8 Å². The van der Waals surface area contributed by atoms with Crippen LogP contribution < -0.4 is 19.9 Å². The number of fused-ring (bicyclic) bond motifs is 1. The summed E-state index contributed by atoms with van der Waals surface area (Å²) in [4.78, 5) is 2.32. The monoisotopic (exact) mass is 294 g/mol. The molecule has 0 saturated heterocycles. The third kappa shape index (κ3) is 3.24. The van der Waals surface area contributed by atoms with Crippen molar-refractivity contribution in [1.29, 1.82) is 0 Å². The Hall–Kier alpha value is -1.46. The minimum atomic E-state index is 0.134. The number of ether oxygens (including phenoxy) is 3. The van der Waals surface area contributed by atoms with Crippen LogP contribution in [0.3, 0.4) is 0 Å². The fourth-order valence-corrected chi connectivity index (χ4v) is 2.81. The molecule has 0 aromatic heterocycles. The summed E-state index contributed by atoms with van der Waals surface area (Å²) in [5, 5.41) is 0. The molecule has 0 spiro atoms. The Labute approximate surface area is 127 Å². The molecular formula is C16H26N2O3. The summed E-state index contributed by atoms with van der Waals surface area (Å²) in [6.07, 6.45) is 2.31. The highest BCUT2D eigenvalue weighted by Gasteiger charge is 2.26. The predicted molar refractivity (Wildman–Crippen MR) is 83.0 cm³/mol. The predicted octanol–water partition coefficient (Wildman–Crippen LogP) is 2.54. The average Bonchev–Trinajstić information content (AvgIpc) is 2.95. The van der Waals surface area contributed by atoms with Gasteiger partial charge in [-0.3, -0.25) is 4.90 Å². The quantitative estimate of drug-likeness (QED) is 0.837. The van der Waals surface area contributed by atoms with Crippen LogP contribution in [-0.2, 0) is 0 Å². The van der Waals surface area contributed by atoms with Gasteiger partial charge in [0.05, 0.1) is 7.11 Å². The number of methoxy groups -OCH3 is 1. The second-order valence-corrected chi connectivity index (χ2v) is 5.51. The third-order valence-corrected chi connectivity index (χ3v) is 4.18. The summed E-state index contributed by atoms with van der Waals surface area (Å²) in [5.74, 6) is 2.12. The van der Waals surface area contributed by atoms with Gasteiger partial charge in [-0.15, -0.1) is 0 Å². The minimum Gasteiger partial charge on any atom is -0.493 e. The number of nitrogens with two attached hydrogens (primary N) is 1. The van der Waals surface area contributed by atoms with Crippen molar-refractivity contribution >= 4 is 0 Å². The highest BCUT2D eigenvalue weighted by atomic mass is 16.7. The van der Waals surface area contributed by atoms with Crippen LogP contribution in [0.25, 0.3) is 0 Å². The van der Waals surface area contributed by atoms with Crippen LogP contribution in [0.15, 0.2) is 12.1 Å². The molecule has 2 unspecified atom stereocenters. The number of nitrogens with zero attached hydrogens (tertiary/aromatic N) is 1. The average molecular weight is 294 g/mol. The maximum Gasteiger partial charge on any atom is 0.231 e. The fraction of sp³-hybridized carbons (Fsp3) is 0.625. The van der Waals surface area contributed by atoms with Gasteiger partial charge in [-0.25, -0.2) is 0 Å².